The Hall–Kier alpha value is -2.72. The Labute approximate surface area is 163 Å². The van der Waals surface area contributed by atoms with E-state index >= 15 is 0 Å². The van der Waals surface area contributed by atoms with Crippen LogP contribution < -0.4 is 16.4 Å². The first kappa shape index (κ1) is 18.6. The molecule has 1 saturated carbocycles. The molecule has 1 fully saturated rings. The minimum absolute atomic E-state index is 0.275. The number of anilines is 3. The van der Waals surface area contributed by atoms with Gasteiger partial charge in [-0.1, -0.05) is 0 Å². The Morgan fingerprint density at radius 2 is 1.86 bits per heavy atom. The first-order valence-corrected chi connectivity index (χ1v) is 11.1. The zero-order valence-corrected chi connectivity index (χ0v) is 16.4. The summed E-state index contributed by atoms with van der Waals surface area (Å²) >= 11 is 0. The zero-order chi connectivity index (χ0) is 19.7. The van der Waals surface area contributed by atoms with E-state index in [-0.39, 0.29) is 10.9 Å². The quantitative estimate of drug-likeness (QED) is 0.592. The Balaban J connectivity index is 1.58. The van der Waals surface area contributed by atoms with Gasteiger partial charge in [0.2, 0.25) is 0 Å². The van der Waals surface area contributed by atoms with Crippen molar-refractivity contribution in [2.75, 3.05) is 16.9 Å². The average molecular weight is 401 g/mol. The Morgan fingerprint density at radius 3 is 2.54 bits per heavy atom. The van der Waals surface area contributed by atoms with E-state index in [0.717, 1.165) is 37.2 Å². The van der Waals surface area contributed by atoms with Crippen molar-refractivity contribution < 1.29 is 8.42 Å². The van der Waals surface area contributed by atoms with Gasteiger partial charge in [-0.3, -0.25) is 0 Å². The normalized spacial score (nSPS) is 20.2. The van der Waals surface area contributed by atoms with Gasteiger partial charge >= 0.3 is 0 Å². The number of nitrogens with one attached hydrogen (secondary N) is 2. The maximum atomic E-state index is 11.6. The van der Waals surface area contributed by atoms with Gasteiger partial charge in [0.25, 0.3) is 5.78 Å². The molecular formula is C18H23N7O2S. The molecule has 28 heavy (non-hydrogen) atoms. The fourth-order valence-electron chi connectivity index (χ4n) is 3.38. The highest BCUT2D eigenvalue weighted by atomic mass is 32.2. The van der Waals surface area contributed by atoms with Gasteiger partial charge in [0.15, 0.2) is 9.84 Å². The lowest BCUT2D eigenvalue weighted by atomic mass is 9.92. The SMILES string of the molecule is CS(=O)(=O)c1ccc(Nc2cc(N[C@H]3CC[C@H](N)CC3)nc3ncnn23)cc1. The Morgan fingerprint density at radius 1 is 1.14 bits per heavy atom. The largest absolute Gasteiger partial charge is 0.367 e. The lowest BCUT2D eigenvalue weighted by molar-refractivity contribution is 0.410. The number of benzene rings is 1. The first-order valence-electron chi connectivity index (χ1n) is 9.18. The molecule has 0 amide bonds. The Kier molecular flexibility index (Phi) is 4.90. The minimum atomic E-state index is -3.23. The van der Waals surface area contributed by atoms with Crippen LogP contribution in [-0.4, -0.2) is 46.3 Å². The maximum Gasteiger partial charge on any atom is 0.256 e. The molecule has 148 valence electrons. The van der Waals surface area contributed by atoms with Crippen molar-refractivity contribution >= 4 is 32.9 Å². The van der Waals surface area contributed by atoms with Crippen molar-refractivity contribution in [3.8, 4) is 0 Å². The predicted octanol–water partition coefficient (Wildman–Crippen LogP) is 1.95. The molecule has 1 aromatic carbocycles. The lowest BCUT2D eigenvalue weighted by Crippen LogP contribution is -2.33. The van der Waals surface area contributed by atoms with Crippen molar-refractivity contribution in [1.82, 2.24) is 19.6 Å². The second-order valence-electron chi connectivity index (χ2n) is 7.18. The van der Waals surface area contributed by atoms with Crippen LogP contribution in [0.3, 0.4) is 0 Å². The number of nitrogens with zero attached hydrogens (tertiary/aromatic N) is 4. The maximum absolute atomic E-state index is 11.6. The molecule has 1 aliphatic rings. The molecule has 0 unspecified atom stereocenters. The van der Waals surface area contributed by atoms with Crippen LogP contribution in [0, 0.1) is 0 Å². The third kappa shape index (κ3) is 4.07. The van der Waals surface area contributed by atoms with E-state index in [1.165, 1.54) is 12.6 Å². The molecule has 9 nitrogen and oxygen atoms in total. The molecule has 4 N–H and O–H groups in total. The molecule has 3 aromatic rings. The molecule has 0 radical (unpaired) electrons. The fraction of sp³-hybridized carbons (Fsp3) is 0.389. The average Bonchev–Trinajstić information content (AvgIpc) is 3.12. The fourth-order valence-corrected chi connectivity index (χ4v) is 4.01. The molecular weight excluding hydrogens is 378 g/mol. The summed E-state index contributed by atoms with van der Waals surface area (Å²) in [7, 11) is -3.23. The standard InChI is InChI=1S/C18H23N7O2S/c1-28(26,27)15-8-6-14(7-9-15)23-17-10-16(24-18-20-11-21-25(17)18)22-13-4-2-12(19)3-5-13/h6-13,23H,2-5,19H2,1H3,(H,20,21,22,24)/t12-,13-. The molecule has 0 aliphatic heterocycles. The molecule has 1 aliphatic carbocycles. The van der Waals surface area contributed by atoms with Crippen molar-refractivity contribution in [2.45, 2.75) is 42.7 Å². The number of aromatic nitrogens is 4. The van der Waals surface area contributed by atoms with Crippen LogP contribution in [0.1, 0.15) is 25.7 Å². The molecule has 0 spiro atoms. The van der Waals surface area contributed by atoms with Crippen LogP contribution in [-0.2, 0) is 9.84 Å². The van der Waals surface area contributed by atoms with E-state index in [0.29, 0.717) is 17.6 Å². The summed E-state index contributed by atoms with van der Waals surface area (Å²) in [4.78, 5) is 8.99. The van der Waals surface area contributed by atoms with Crippen molar-refractivity contribution in [1.29, 1.82) is 0 Å². The molecule has 0 saturated heterocycles. The van der Waals surface area contributed by atoms with Crippen LogP contribution >= 0.6 is 0 Å². The second kappa shape index (κ2) is 7.36. The first-order chi connectivity index (χ1) is 13.4. The van der Waals surface area contributed by atoms with Gasteiger partial charge in [-0.25, -0.2) is 8.42 Å². The molecule has 2 aromatic heterocycles. The van der Waals surface area contributed by atoms with E-state index < -0.39 is 9.84 Å². The monoisotopic (exact) mass is 401 g/mol. The van der Waals surface area contributed by atoms with Crippen LogP contribution in [0.15, 0.2) is 41.6 Å². The summed E-state index contributed by atoms with van der Waals surface area (Å²) in [6, 6.07) is 9.08. The van der Waals surface area contributed by atoms with Crippen LogP contribution in [0.25, 0.3) is 5.78 Å². The van der Waals surface area contributed by atoms with Crippen LogP contribution in [0.5, 0.6) is 0 Å². The van der Waals surface area contributed by atoms with E-state index in [2.05, 4.69) is 25.7 Å². The Bertz CT molecular complexity index is 1070. The number of fused-ring (bicyclic) bond motifs is 1. The highest BCUT2D eigenvalue weighted by molar-refractivity contribution is 7.90. The molecule has 2 heterocycles. The summed E-state index contributed by atoms with van der Waals surface area (Å²) in [5, 5.41) is 10.9. The zero-order valence-electron chi connectivity index (χ0n) is 15.5. The van der Waals surface area contributed by atoms with Gasteiger partial charge < -0.3 is 16.4 Å². The van der Waals surface area contributed by atoms with Crippen LogP contribution in [0.4, 0.5) is 17.3 Å². The van der Waals surface area contributed by atoms with Crippen molar-refractivity contribution in [2.24, 2.45) is 5.73 Å². The molecule has 4 rings (SSSR count). The number of nitrogens with two attached hydrogens (primary N) is 1. The molecule has 0 atom stereocenters. The number of hydrogen-bond donors (Lipinski definition) is 3. The highest BCUT2D eigenvalue weighted by Crippen LogP contribution is 2.24. The van der Waals surface area contributed by atoms with Crippen molar-refractivity contribution in [3.63, 3.8) is 0 Å². The van der Waals surface area contributed by atoms with Gasteiger partial charge in [0, 0.05) is 30.1 Å². The lowest BCUT2D eigenvalue weighted by Gasteiger charge is -2.27. The molecule has 0 bridgehead atoms. The van der Waals surface area contributed by atoms with Gasteiger partial charge in [-0.2, -0.15) is 19.6 Å². The van der Waals surface area contributed by atoms with E-state index in [1.807, 2.05) is 6.07 Å². The third-order valence-electron chi connectivity index (χ3n) is 4.93. The summed E-state index contributed by atoms with van der Waals surface area (Å²) < 4.78 is 24.9. The van der Waals surface area contributed by atoms with Gasteiger partial charge in [0.1, 0.15) is 18.0 Å². The van der Waals surface area contributed by atoms with Gasteiger partial charge in [0.05, 0.1) is 4.90 Å². The van der Waals surface area contributed by atoms with Crippen molar-refractivity contribution in [3.05, 3.63) is 36.7 Å². The summed E-state index contributed by atoms with van der Waals surface area (Å²) in [5.41, 5.74) is 6.73. The summed E-state index contributed by atoms with van der Waals surface area (Å²) in [6.07, 6.45) is 6.66. The molecule has 10 heteroatoms. The summed E-state index contributed by atoms with van der Waals surface area (Å²) in [5.74, 6) is 1.88. The summed E-state index contributed by atoms with van der Waals surface area (Å²) in [6.45, 7) is 0. The minimum Gasteiger partial charge on any atom is -0.367 e. The van der Waals surface area contributed by atoms with E-state index in [9.17, 15) is 8.42 Å². The number of rotatable bonds is 5. The number of hydrogen-bond acceptors (Lipinski definition) is 8. The second-order valence-corrected chi connectivity index (χ2v) is 9.19. The van der Waals surface area contributed by atoms with Gasteiger partial charge in [-0.15, -0.1) is 0 Å². The predicted molar refractivity (Wildman–Crippen MR) is 107 cm³/mol. The van der Waals surface area contributed by atoms with Crippen LogP contribution in [0.2, 0.25) is 0 Å². The number of sulfone groups is 1. The van der Waals surface area contributed by atoms with E-state index in [1.54, 1.807) is 28.8 Å². The van der Waals surface area contributed by atoms with Gasteiger partial charge in [-0.05, 0) is 49.9 Å². The highest BCUT2D eigenvalue weighted by Gasteiger charge is 2.19. The third-order valence-corrected chi connectivity index (χ3v) is 6.06. The van der Waals surface area contributed by atoms with E-state index in [4.69, 9.17) is 5.73 Å². The topological polar surface area (TPSA) is 127 Å². The smallest absolute Gasteiger partial charge is 0.256 e.